The third-order valence-electron chi connectivity index (χ3n) is 3.17. The molecule has 7 nitrogen and oxygen atoms in total. The highest BCUT2D eigenvalue weighted by molar-refractivity contribution is 7.13. The number of hydrogen-bond donors (Lipinski definition) is 2. The van der Waals surface area contributed by atoms with E-state index < -0.39 is 11.8 Å². The van der Waals surface area contributed by atoms with Gasteiger partial charge in [-0.3, -0.25) is 14.9 Å². The zero-order valence-electron chi connectivity index (χ0n) is 13.0. The molecule has 24 heavy (non-hydrogen) atoms. The van der Waals surface area contributed by atoms with Gasteiger partial charge in [-0.1, -0.05) is 17.3 Å². The molecule has 3 rings (SSSR count). The van der Waals surface area contributed by atoms with E-state index in [9.17, 15) is 9.59 Å². The monoisotopic (exact) mass is 342 g/mol. The molecule has 0 fully saturated rings. The van der Waals surface area contributed by atoms with Crippen molar-refractivity contribution in [3.63, 3.8) is 0 Å². The quantitative estimate of drug-likeness (QED) is 0.713. The molecular formula is C16H14N4O3S. The number of aromatic nitrogens is 2. The van der Waals surface area contributed by atoms with Crippen molar-refractivity contribution in [1.29, 1.82) is 0 Å². The Hall–Kier alpha value is -3.00. The van der Waals surface area contributed by atoms with Crippen LogP contribution in [0.4, 0.5) is 11.5 Å². The number of carbonyl (C=O) groups is 2. The molecule has 0 saturated carbocycles. The third kappa shape index (κ3) is 3.49. The average molecular weight is 342 g/mol. The summed E-state index contributed by atoms with van der Waals surface area (Å²) in [5, 5.41) is 11.4. The molecule has 0 saturated heterocycles. The summed E-state index contributed by atoms with van der Waals surface area (Å²) in [4.78, 5) is 28.3. The minimum atomic E-state index is -0.817. The fourth-order valence-corrected chi connectivity index (χ4v) is 2.77. The van der Waals surface area contributed by atoms with Crippen LogP contribution < -0.4 is 10.6 Å². The number of anilines is 2. The molecule has 0 bridgehead atoms. The van der Waals surface area contributed by atoms with Crippen LogP contribution in [0, 0.1) is 13.8 Å². The smallest absolute Gasteiger partial charge is 0.315 e. The second-order valence-corrected chi connectivity index (χ2v) is 5.99. The molecule has 0 atom stereocenters. The molecule has 8 heteroatoms. The van der Waals surface area contributed by atoms with Gasteiger partial charge in [0, 0.05) is 27.9 Å². The fraction of sp³-hybridized carbons (Fsp3) is 0.125. The topological polar surface area (TPSA) is 97.1 Å². The highest BCUT2D eigenvalue weighted by Gasteiger charge is 2.17. The molecule has 0 spiro atoms. The van der Waals surface area contributed by atoms with Crippen LogP contribution in [0.1, 0.15) is 11.3 Å². The Bertz CT molecular complexity index is 900. The van der Waals surface area contributed by atoms with Crippen molar-refractivity contribution >= 4 is 34.7 Å². The summed E-state index contributed by atoms with van der Waals surface area (Å²) < 4.78 is 4.71. The number of rotatable bonds is 3. The van der Waals surface area contributed by atoms with Crippen LogP contribution in [0.15, 0.2) is 40.4 Å². The van der Waals surface area contributed by atoms with Crippen LogP contribution in [-0.4, -0.2) is 22.0 Å². The normalized spacial score (nSPS) is 10.4. The van der Waals surface area contributed by atoms with E-state index in [1.807, 2.05) is 18.4 Å². The predicted molar refractivity (Wildman–Crippen MR) is 90.8 cm³/mol. The van der Waals surface area contributed by atoms with E-state index in [0.29, 0.717) is 11.3 Å². The largest absolute Gasteiger partial charge is 0.362 e. The first-order valence-electron chi connectivity index (χ1n) is 7.09. The Labute approximate surface area is 141 Å². The van der Waals surface area contributed by atoms with E-state index in [-0.39, 0.29) is 5.82 Å². The number of nitrogens with zero attached hydrogens (tertiary/aromatic N) is 2. The first-order chi connectivity index (χ1) is 11.5. The Morgan fingerprint density at radius 3 is 2.62 bits per heavy atom. The van der Waals surface area contributed by atoms with Crippen molar-refractivity contribution in [2.45, 2.75) is 13.8 Å². The van der Waals surface area contributed by atoms with E-state index in [2.05, 4.69) is 20.8 Å². The van der Waals surface area contributed by atoms with Crippen LogP contribution in [0.5, 0.6) is 0 Å². The van der Waals surface area contributed by atoms with Gasteiger partial charge in [-0.05, 0) is 26.0 Å². The van der Waals surface area contributed by atoms with Crippen molar-refractivity contribution in [3.05, 3.63) is 47.2 Å². The predicted octanol–water partition coefficient (Wildman–Crippen LogP) is 2.99. The lowest BCUT2D eigenvalue weighted by Crippen LogP contribution is -2.29. The lowest BCUT2D eigenvalue weighted by molar-refractivity contribution is -0.133. The standard InChI is InChI=1S/C16H14N4O3S/c1-9-7-23-20-13(9)19-15(22)14(21)18-12-5-3-4-11(6-12)16-17-10(2)8-24-16/h3-8H,1-2H3,(H,18,21)(H,19,20,22). The van der Waals surface area contributed by atoms with E-state index in [1.165, 1.54) is 17.6 Å². The lowest BCUT2D eigenvalue weighted by atomic mass is 10.2. The first-order valence-corrected chi connectivity index (χ1v) is 7.97. The molecule has 122 valence electrons. The fourth-order valence-electron chi connectivity index (χ4n) is 1.98. The van der Waals surface area contributed by atoms with Gasteiger partial charge in [-0.2, -0.15) is 0 Å². The van der Waals surface area contributed by atoms with Crippen molar-refractivity contribution in [1.82, 2.24) is 10.1 Å². The van der Waals surface area contributed by atoms with Gasteiger partial charge in [-0.25, -0.2) is 4.98 Å². The number of benzene rings is 1. The lowest BCUT2D eigenvalue weighted by Gasteiger charge is -2.06. The van der Waals surface area contributed by atoms with Gasteiger partial charge in [-0.15, -0.1) is 11.3 Å². The Kier molecular flexibility index (Phi) is 4.39. The van der Waals surface area contributed by atoms with E-state index in [1.54, 1.807) is 25.1 Å². The SMILES string of the molecule is Cc1csc(-c2cccc(NC(=O)C(=O)Nc3nocc3C)c2)n1. The summed E-state index contributed by atoms with van der Waals surface area (Å²) in [6, 6.07) is 7.16. The van der Waals surface area contributed by atoms with Crippen molar-refractivity contribution in [3.8, 4) is 10.6 Å². The zero-order chi connectivity index (χ0) is 17.1. The molecule has 2 amide bonds. The maximum atomic E-state index is 12.0. The molecule has 0 aliphatic heterocycles. The van der Waals surface area contributed by atoms with Gasteiger partial charge in [0.15, 0.2) is 5.82 Å². The molecule has 0 aliphatic rings. The highest BCUT2D eigenvalue weighted by Crippen LogP contribution is 2.25. The van der Waals surface area contributed by atoms with Crippen LogP contribution in [0.3, 0.4) is 0 Å². The highest BCUT2D eigenvalue weighted by atomic mass is 32.1. The van der Waals surface area contributed by atoms with Crippen LogP contribution >= 0.6 is 11.3 Å². The third-order valence-corrected chi connectivity index (χ3v) is 4.18. The molecule has 0 unspecified atom stereocenters. The molecule has 2 aromatic heterocycles. The van der Waals surface area contributed by atoms with Gasteiger partial charge >= 0.3 is 11.8 Å². The second-order valence-electron chi connectivity index (χ2n) is 5.13. The zero-order valence-corrected chi connectivity index (χ0v) is 13.8. The molecule has 1 aromatic carbocycles. The Balaban J connectivity index is 1.70. The number of amides is 2. The van der Waals surface area contributed by atoms with E-state index in [4.69, 9.17) is 4.52 Å². The van der Waals surface area contributed by atoms with Crippen LogP contribution in [0.25, 0.3) is 10.6 Å². The summed E-state index contributed by atoms with van der Waals surface area (Å²) in [7, 11) is 0. The number of nitrogens with one attached hydrogen (secondary N) is 2. The molecule has 2 N–H and O–H groups in total. The summed E-state index contributed by atoms with van der Waals surface area (Å²) >= 11 is 1.52. The average Bonchev–Trinajstić information content (AvgIpc) is 3.16. The Morgan fingerprint density at radius 1 is 1.17 bits per heavy atom. The van der Waals surface area contributed by atoms with Gasteiger partial charge in [0.05, 0.1) is 0 Å². The Morgan fingerprint density at radius 2 is 1.96 bits per heavy atom. The van der Waals surface area contributed by atoms with Crippen molar-refractivity contribution in [2.24, 2.45) is 0 Å². The summed E-state index contributed by atoms with van der Waals surface area (Å²) in [6.45, 7) is 3.63. The maximum Gasteiger partial charge on any atom is 0.315 e. The first kappa shape index (κ1) is 15.9. The van der Waals surface area contributed by atoms with Gasteiger partial charge in [0.25, 0.3) is 0 Å². The van der Waals surface area contributed by atoms with Gasteiger partial charge in [0.2, 0.25) is 0 Å². The molecule has 0 aliphatic carbocycles. The molecular weight excluding hydrogens is 328 g/mol. The number of hydrogen-bond acceptors (Lipinski definition) is 6. The number of thiazole rings is 1. The van der Waals surface area contributed by atoms with Gasteiger partial charge in [0.1, 0.15) is 11.3 Å². The summed E-state index contributed by atoms with van der Waals surface area (Å²) in [5.41, 5.74) is 2.96. The molecule has 2 heterocycles. The van der Waals surface area contributed by atoms with Crippen molar-refractivity contribution < 1.29 is 14.1 Å². The van der Waals surface area contributed by atoms with Crippen molar-refractivity contribution in [2.75, 3.05) is 10.6 Å². The van der Waals surface area contributed by atoms with Crippen LogP contribution in [-0.2, 0) is 9.59 Å². The van der Waals surface area contributed by atoms with E-state index >= 15 is 0 Å². The number of aryl methyl sites for hydroxylation is 2. The van der Waals surface area contributed by atoms with Crippen LogP contribution in [0.2, 0.25) is 0 Å². The molecule has 0 radical (unpaired) electrons. The minimum Gasteiger partial charge on any atom is -0.362 e. The minimum absolute atomic E-state index is 0.224. The summed E-state index contributed by atoms with van der Waals surface area (Å²) in [6.07, 6.45) is 1.38. The van der Waals surface area contributed by atoms with E-state index in [0.717, 1.165) is 16.3 Å². The molecule has 3 aromatic rings. The van der Waals surface area contributed by atoms with Gasteiger partial charge < -0.3 is 9.84 Å². The number of carbonyl (C=O) groups excluding carboxylic acids is 2. The maximum absolute atomic E-state index is 12.0. The second kappa shape index (κ2) is 6.63. The summed E-state index contributed by atoms with van der Waals surface area (Å²) in [5.74, 6) is -1.38.